The van der Waals surface area contributed by atoms with Gasteiger partial charge in [-0.2, -0.15) is 0 Å². The summed E-state index contributed by atoms with van der Waals surface area (Å²) >= 11 is 0. The van der Waals surface area contributed by atoms with E-state index in [-0.39, 0.29) is 46.5 Å². The molecule has 0 amide bonds. The molecule has 0 saturated carbocycles. The van der Waals surface area contributed by atoms with Gasteiger partial charge in [-0.3, -0.25) is 0 Å². The van der Waals surface area contributed by atoms with Crippen LogP contribution in [0.15, 0.2) is 90.6 Å². The Morgan fingerprint density at radius 3 is 1.32 bits per heavy atom. The molecule has 0 saturated heterocycles. The molecule has 1 aliphatic rings. The largest absolute Gasteiger partial charge is 0.573 e. The Morgan fingerprint density at radius 2 is 0.975 bits per heavy atom. The zero-order valence-corrected chi connectivity index (χ0v) is 20.7. The molecule has 1 aliphatic carbocycles. The smallest absolute Gasteiger partial charge is 0.405 e. The van der Waals surface area contributed by atoms with Crippen LogP contribution in [0.2, 0.25) is 0 Å². The fraction of sp³-hybridized carbons (Fsp3) is 0.133. The average molecular weight is 557 g/mol. The van der Waals surface area contributed by atoms with Crippen LogP contribution in [0.3, 0.4) is 0 Å². The second-order valence-corrected chi connectivity index (χ2v) is 9.05. The Morgan fingerprint density at radius 1 is 0.575 bits per heavy atom. The van der Waals surface area contributed by atoms with E-state index in [9.17, 15) is 26.3 Å². The van der Waals surface area contributed by atoms with Crippen molar-refractivity contribution < 1.29 is 35.8 Å². The van der Waals surface area contributed by atoms with Crippen molar-refractivity contribution in [1.82, 2.24) is 0 Å². The summed E-state index contributed by atoms with van der Waals surface area (Å²) in [6.07, 6.45) is -9.84. The molecule has 10 heteroatoms. The summed E-state index contributed by atoms with van der Waals surface area (Å²) in [5.41, 5.74) is 15.3. The second-order valence-electron chi connectivity index (χ2n) is 9.05. The van der Waals surface area contributed by atoms with Gasteiger partial charge in [0.1, 0.15) is 11.5 Å². The van der Waals surface area contributed by atoms with Crippen LogP contribution in [0, 0.1) is 0 Å². The van der Waals surface area contributed by atoms with E-state index >= 15 is 0 Å². The highest BCUT2D eigenvalue weighted by atomic mass is 19.4. The van der Waals surface area contributed by atoms with E-state index in [1.165, 1.54) is 24.3 Å². The predicted octanol–water partition coefficient (Wildman–Crippen LogP) is 7.87. The van der Waals surface area contributed by atoms with Crippen LogP contribution >= 0.6 is 0 Å². The van der Waals surface area contributed by atoms with E-state index in [0.29, 0.717) is 22.3 Å². The number of ether oxygens (including phenoxy) is 2. The van der Waals surface area contributed by atoms with E-state index in [1.54, 1.807) is 60.7 Å². The van der Waals surface area contributed by atoms with Crippen molar-refractivity contribution in [2.75, 3.05) is 6.54 Å². The van der Waals surface area contributed by atoms with Gasteiger partial charge >= 0.3 is 12.7 Å². The van der Waals surface area contributed by atoms with Crippen LogP contribution in [0.25, 0.3) is 39.0 Å². The minimum Gasteiger partial charge on any atom is -0.405 e. The molecule has 4 nitrogen and oxygen atoms in total. The van der Waals surface area contributed by atoms with Gasteiger partial charge in [-0.15, -0.1) is 26.3 Å². The molecule has 206 valence electrons. The molecular formula is C30H22F6N2O2. The van der Waals surface area contributed by atoms with Gasteiger partial charge < -0.3 is 20.9 Å². The fourth-order valence-corrected chi connectivity index (χ4v) is 4.90. The molecule has 4 aromatic rings. The molecule has 4 aromatic carbocycles. The monoisotopic (exact) mass is 556 g/mol. The maximum atomic E-state index is 13.5. The van der Waals surface area contributed by atoms with Gasteiger partial charge in [-0.25, -0.2) is 0 Å². The van der Waals surface area contributed by atoms with E-state index < -0.39 is 24.2 Å². The number of hydrogen-bond donors (Lipinski definition) is 2. The molecule has 0 bridgehead atoms. The number of rotatable bonds is 6. The molecule has 5 rings (SSSR count). The van der Waals surface area contributed by atoms with Gasteiger partial charge in [-0.05, 0) is 70.6 Å². The summed E-state index contributed by atoms with van der Waals surface area (Å²) in [6, 6.07) is 22.2. The molecule has 0 spiro atoms. The number of halogens is 6. The maximum absolute atomic E-state index is 13.5. The molecule has 0 aromatic heterocycles. The van der Waals surface area contributed by atoms with E-state index in [1.807, 2.05) is 0 Å². The Labute approximate surface area is 225 Å². The number of nitrogens with two attached hydrogens (primary N) is 2. The summed E-state index contributed by atoms with van der Waals surface area (Å²) in [7, 11) is 0. The Hall–Kier alpha value is -4.44. The maximum Gasteiger partial charge on any atom is 0.573 e. The lowest BCUT2D eigenvalue weighted by molar-refractivity contribution is -0.275. The van der Waals surface area contributed by atoms with Crippen molar-refractivity contribution >= 4 is 5.57 Å². The Kier molecular flexibility index (Phi) is 6.97. The van der Waals surface area contributed by atoms with Crippen molar-refractivity contribution in [3.63, 3.8) is 0 Å². The van der Waals surface area contributed by atoms with Gasteiger partial charge in [0.25, 0.3) is 0 Å². The summed E-state index contributed by atoms with van der Waals surface area (Å²) in [4.78, 5) is 0. The topological polar surface area (TPSA) is 70.5 Å². The van der Waals surface area contributed by atoms with Crippen molar-refractivity contribution in [1.29, 1.82) is 0 Å². The van der Waals surface area contributed by atoms with Crippen LogP contribution in [-0.4, -0.2) is 19.3 Å². The van der Waals surface area contributed by atoms with Crippen LogP contribution < -0.4 is 20.9 Å². The lowest BCUT2D eigenvalue weighted by atomic mass is 9.95. The van der Waals surface area contributed by atoms with Gasteiger partial charge in [0, 0.05) is 22.4 Å². The molecule has 0 fully saturated rings. The molecule has 40 heavy (non-hydrogen) atoms. The predicted molar refractivity (Wildman–Crippen MR) is 140 cm³/mol. The highest BCUT2D eigenvalue weighted by Gasteiger charge is 2.37. The highest BCUT2D eigenvalue weighted by molar-refractivity contribution is 6.05. The quantitative estimate of drug-likeness (QED) is 0.209. The normalized spacial score (nSPS) is 12.6. The summed E-state index contributed by atoms with van der Waals surface area (Å²) in [6.45, 7) is 0.113. The fourth-order valence-electron chi connectivity index (χ4n) is 4.90. The highest BCUT2D eigenvalue weighted by Crippen LogP contribution is 2.53. The van der Waals surface area contributed by atoms with Gasteiger partial charge in [0.15, 0.2) is 0 Å². The number of fused-ring (bicyclic) bond motifs is 3. The lowest BCUT2D eigenvalue weighted by Gasteiger charge is -2.17. The van der Waals surface area contributed by atoms with Gasteiger partial charge in [-0.1, -0.05) is 60.7 Å². The first-order valence-corrected chi connectivity index (χ1v) is 12.1. The van der Waals surface area contributed by atoms with Crippen molar-refractivity contribution in [3.05, 3.63) is 102 Å². The first kappa shape index (κ1) is 27.1. The third-order valence-corrected chi connectivity index (χ3v) is 6.42. The molecule has 0 heterocycles. The molecule has 0 atom stereocenters. The van der Waals surface area contributed by atoms with Crippen LogP contribution in [0.5, 0.6) is 11.5 Å². The van der Waals surface area contributed by atoms with Crippen molar-refractivity contribution in [2.45, 2.75) is 19.1 Å². The number of hydrogen-bond acceptors (Lipinski definition) is 4. The zero-order chi connectivity index (χ0) is 28.7. The Bertz CT molecular complexity index is 1470. The molecule has 0 radical (unpaired) electrons. The standard InChI is InChI=1S/C30H22F6N2O2/c31-29(32,33)39-26-15-23-21(13-19(26)17-7-3-1-4-8-17)22-14-20(18-9-5-2-6-10-18)27(40-30(34,35)36)16-24(22)28(23)25(38)11-12-37/h1-10,13-16H,11-12,37-38H2. The average Bonchev–Trinajstić information content (AvgIpc) is 3.19. The third kappa shape index (κ3) is 5.48. The van der Waals surface area contributed by atoms with Crippen LogP contribution in [-0.2, 0) is 0 Å². The first-order valence-electron chi connectivity index (χ1n) is 12.1. The SMILES string of the molecule is NCCC(N)=C1c2cc(OC(F)(F)F)c(-c3ccccc3)cc2-c2cc(-c3ccccc3)c(OC(F)(F)F)cc21. The second kappa shape index (κ2) is 10.3. The van der Waals surface area contributed by atoms with Crippen LogP contribution in [0.4, 0.5) is 26.3 Å². The minimum atomic E-state index is -5.00. The third-order valence-electron chi connectivity index (χ3n) is 6.42. The van der Waals surface area contributed by atoms with E-state index in [0.717, 1.165) is 0 Å². The van der Waals surface area contributed by atoms with E-state index in [4.69, 9.17) is 11.5 Å². The van der Waals surface area contributed by atoms with Crippen molar-refractivity contribution in [2.24, 2.45) is 11.5 Å². The minimum absolute atomic E-state index is 0.113. The molecular weight excluding hydrogens is 534 g/mol. The number of alkyl halides is 6. The van der Waals surface area contributed by atoms with E-state index in [2.05, 4.69) is 9.47 Å². The van der Waals surface area contributed by atoms with Crippen molar-refractivity contribution in [3.8, 4) is 44.9 Å². The summed E-state index contributed by atoms with van der Waals surface area (Å²) < 4.78 is 89.7. The number of benzene rings is 4. The van der Waals surface area contributed by atoms with Gasteiger partial charge in [0.2, 0.25) is 0 Å². The zero-order valence-electron chi connectivity index (χ0n) is 20.7. The summed E-state index contributed by atoms with van der Waals surface area (Å²) in [5.74, 6) is -0.947. The Balaban J connectivity index is 1.84. The molecule has 0 aliphatic heterocycles. The van der Waals surface area contributed by atoms with Crippen LogP contribution in [0.1, 0.15) is 17.5 Å². The summed E-state index contributed by atoms with van der Waals surface area (Å²) in [5, 5.41) is 0. The van der Waals surface area contributed by atoms with Gasteiger partial charge in [0.05, 0.1) is 0 Å². The molecule has 0 unspecified atom stereocenters. The molecule has 4 N–H and O–H groups in total. The lowest BCUT2D eigenvalue weighted by Crippen LogP contribution is -2.18. The first-order chi connectivity index (χ1) is 18.9.